The van der Waals surface area contributed by atoms with Gasteiger partial charge in [0.05, 0.1) is 0 Å². The third kappa shape index (κ3) is 37.5. The smallest absolute Gasteiger partial charge is 0.589 e. The van der Waals surface area contributed by atoms with Crippen molar-refractivity contribution in [3.63, 3.8) is 0 Å². The van der Waals surface area contributed by atoms with Gasteiger partial charge >= 0.3 is 15.9 Å². The summed E-state index contributed by atoms with van der Waals surface area (Å²) in [5, 5.41) is 0. The Labute approximate surface area is 269 Å². The van der Waals surface area contributed by atoms with Crippen LogP contribution in [0.5, 0.6) is 0 Å². The van der Waals surface area contributed by atoms with Crippen LogP contribution in [0.3, 0.4) is 0 Å². The second-order valence-corrected chi connectivity index (χ2v) is 13.1. The molecule has 6 heteroatoms. The molecular formula is C36H72AlO5. The highest BCUT2D eigenvalue weighted by atomic mass is 27.2. The molecule has 249 valence electrons. The fourth-order valence-corrected chi connectivity index (χ4v) is 6.03. The Morgan fingerprint density at radius 2 is 0.548 bits per heavy atom. The monoisotopic (exact) mass is 612 g/mol. The van der Waals surface area contributed by atoms with Gasteiger partial charge in [-0.05, 0) is 12.8 Å². The van der Waals surface area contributed by atoms with Gasteiger partial charge in [-0.2, -0.15) is 0 Å². The molecule has 0 atom stereocenters. The molecule has 0 fully saturated rings. The maximum absolute atomic E-state index is 11.9. The molecule has 42 heavy (non-hydrogen) atoms. The lowest BCUT2D eigenvalue weighted by molar-refractivity contribution is -0.139. The SMILES string of the molecule is CCCCCCCCCCCCCCCCCC(=O)[O][Al][O]C(=O)CCCCCCCCCCCCCCCCC.O. The number of hydrogen-bond acceptors (Lipinski definition) is 4. The molecule has 0 spiro atoms. The van der Waals surface area contributed by atoms with E-state index in [0.717, 1.165) is 25.7 Å². The van der Waals surface area contributed by atoms with Crippen LogP contribution in [0.4, 0.5) is 0 Å². The van der Waals surface area contributed by atoms with Gasteiger partial charge in [-0.15, -0.1) is 0 Å². The molecule has 0 aliphatic carbocycles. The van der Waals surface area contributed by atoms with Crippen molar-refractivity contribution in [2.45, 2.75) is 219 Å². The Morgan fingerprint density at radius 3 is 0.762 bits per heavy atom. The van der Waals surface area contributed by atoms with Crippen molar-refractivity contribution in [1.29, 1.82) is 0 Å². The maximum Gasteiger partial charge on any atom is 0.885 e. The van der Waals surface area contributed by atoms with E-state index >= 15 is 0 Å². The first-order chi connectivity index (χ1) is 20.2. The van der Waals surface area contributed by atoms with Gasteiger partial charge in [-0.25, -0.2) is 0 Å². The molecule has 0 aromatic rings. The van der Waals surface area contributed by atoms with E-state index in [4.69, 9.17) is 7.58 Å². The average molecular weight is 612 g/mol. The van der Waals surface area contributed by atoms with Gasteiger partial charge < -0.3 is 13.1 Å². The lowest BCUT2D eigenvalue weighted by atomic mass is 10.0. The fourth-order valence-electron chi connectivity index (χ4n) is 5.53. The van der Waals surface area contributed by atoms with E-state index in [1.807, 2.05) is 0 Å². The second-order valence-electron chi connectivity index (χ2n) is 12.5. The summed E-state index contributed by atoms with van der Waals surface area (Å²) in [7, 11) is 0. The van der Waals surface area contributed by atoms with Gasteiger partial charge in [0.2, 0.25) is 0 Å². The Morgan fingerprint density at radius 1 is 0.357 bits per heavy atom. The van der Waals surface area contributed by atoms with E-state index in [1.54, 1.807) is 0 Å². The van der Waals surface area contributed by atoms with E-state index in [1.165, 1.54) is 167 Å². The topological polar surface area (TPSA) is 84.1 Å². The molecule has 0 amide bonds. The minimum Gasteiger partial charge on any atom is -0.589 e. The lowest BCUT2D eigenvalue weighted by Gasteiger charge is -2.07. The molecule has 0 rings (SSSR count). The molecule has 0 aliphatic rings. The summed E-state index contributed by atoms with van der Waals surface area (Å²) in [5.41, 5.74) is 0. The first-order valence-electron chi connectivity index (χ1n) is 18.4. The highest BCUT2D eigenvalue weighted by molar-refractivity contribution is 6.25. The molecule has 0 saturated carbocycles. The van der Waals surface area contributed by atoms with E-state index in [-0.39, 0.29) is 17.4 Å². The summed E-state index contributed by atoms with van der Waals surface area (Å²) in [6.45, 7) is 4.55. The van der Waals surface area contributed by atoms with Crippen LogP contribution in [-0.2, 0) is 17.2 Å². The second kappa shape index (κ2) is 38.5. The Bertz CT molecular complexity index is 497. The number of unbranched alkanes of at least 4 members (excludes halogenated alkanes) is 28. The normalized spacial score (nSPS) is 10.8. The Kier molecular flexibility index (Phi) is 39.9. The van der Waals surface area contributed by atoms with E-state index < -0.39 is 15.9 Å². The van der Waals surface area contributed by atoms with Crippen LogP contribution >= 0.6 is 0 Å². The molecule has 0 aliphatic heterocycles. The van der Waals surface area contributed by atoms with Crippen LogP contribution in [-0.4, -0.2) is 33.3 Å². The zero-order chi connectivity index (χ0) is 29.9. The van der Waals surface area contributed by atoms with Crippen molar-refractivity contribution in [3.8, 4) is 0 Å². The van der Waals surface area contributed by atoms with Crippen LogP contribution in [0.2, 0.25) is 0 Å². The van der Waals surface area contributed by atoms with E-state index in [9.17, 15) is 9.59 Å². The van der Waals surface area contributed by atoms with Crippen LogP contribution in [0.1, 0.15) is 219 Å². The molecule has 0 bridgehead atoms. The standard InChI is InChI=1S/2C18H36O2.Al.H2O/c2*1-2-3-4-5-6-7-8-9-10-11-12-13-14-15-16-17-18(19)20;;/h2*2-17H2,1H3,(H,19,20);;1H2/q;;+2;/p-2. The first kappa shape index (κ1) is 43.6. The fraction of sp³-hybridized carbons (Fsp3) is 0.944. The van der Waals surface area contributed by atoms with Crippen LogP contribution in [0, 0.1) is 0 Å². The van der Waals surface area contributed by atoms with Crippen molar-refractivity contribution in [2.24, 2.45) is 0 Å². The van der Waals surface area contributed by atoms with Crippen molar-refractivity contribution in [1.82, 2.24) is 0 Å². The molecule has 0 aromatic heterocycles. The largest absolute Gasteiger partial charge is 0.885 e. The highest BCUT2D eigenvalue weighted by Crippen LogP contribution is 2.15. The zero-order valence-corrected chi connectivity index (χ0v) is 29.5. The molecule has 0 saturated heterocycles. The minimum atomic E-state index is -0.999. The van der Waals surface area contributed by atoms with Crippen LogP contribution < -0.4 is 0 Å². The number of rotatable bonds is 34. The predicted molar refractivity (Wildman–Crippen MR) is 181 cm³/mol. The molecular weight excluding hydrogens is 539 g/mol. The quantitative estimate of drug-likeness (QED) is 0.0535. The van der Waals surface area contributed by atoms with Crippen molar-refractivity contribution >= 4 is 27.8 Å². The zero-order valence-electron chi connectivity index (χ0n) is 28.3. The van der Waals surface area contributed by atoms with Crippen molar-refractivity contribution < 1.29 is 22.6 Å². The summed E-state index contributed by atoms with van der Waals surface area (Å²) in [6.07, 6.45) is 40.3. The first-order valence-corrected chi connectivity index (χ1v) is 19.4. The summed E-state index contributed by atoms with van der Waals surface area (Å²) >= 11 is -0.999. The van der Waals surface area contributed by atoms with Gasteiger partial charge in [0.1, 0.15) is 0 Å². The predicted octanol–water partition coefficient (Wildman–Crippen LogP) is 11.3. The molecule has 1 radical (unpaired) electrons. The van der Waals surface area contributed by atoms with Gasteiger partial charge in [0, 0.05) is 12.8 Å². The molecule has 0 aromatic carbocycles. The number of carbonyl (C=O) groups is 2. The van der Waals surface area contributed by atoms with Crippen molar-refractivity contribution in [2.75, 3.05) is 0 Å². The van der Waals surface area contributed by atoms with Crippen LogP contribution in [0.25, 0.3) is 0 Å². The Hall–Kier alpha value is -0.568. The average Bonchev–Trinajstić information content (AvgIpc) is 2.97. The summed E-state index contributed by atoms with van der Waals surface area (Å²) in [4.78, 5) is 23.7. The summed E-state index contributed by atoms with van der Waals surface area (Å²) in [5.74, 6) is -0.427. The molecule has 2 N–H and O–H groups in total. The lowest BCUT2D eigenvalue weighted by Crippen LogP contribution is -2.15. The van der Waals surface area contributed by atoms with Crippen molar-refractivity contribution in [3.05, 3.63) is 0 Å². The number of hydrogen-bond donors (Lipinski definition) is 0. The van der Waals surface area contributed by atoms with E-state index in [0.29, 0.717) is 12.8 Å². The maximum atomic E-state index is 11.9. The summed E-state index contributed by atoms with van der Waals surface area (Å²) in [6, 6.07) is 0. The Balaban J connectivity index is 0. The third-order valence-electron chi connectivity index (χ3n) is 8.33. The molecule has 0 heterocycles. The van der Waals surface area contributed by atoms with Gasteiger partial charge in [0.25, 0.3) is 11.9 Å². The van der Waals surface area contributed by atoms with Gasteiger partial charge in [-0.1, -0.05) is 194 Å². The van der Waals surface area contributed by atoms with E-state index in [2.05, 4.69) is 13.8 Å². The minimum absolute atomic E-state index is 0. The highest BCUT2D eigenvalue weighted by Gasteiger charge is 2.13. The van der Waals surface area contributed by atoms with Gasteiger partial charge in [0.15, 0.2) is 0 Å². The number of carbonyl (C=O) groups excluding carboxylic acids is 2. The summed E-state index contributed by atoms with van der Waals surface area (Å²) < 4.78 is 10.3. The van der Waals surface area contributed by atoms with Gasteiger partial charge in [-0.3, -0.25) is 9.59 Å². The molecule has 0 unspecified atom stereocenters. The third-order valence-corrected chi connectivity index (χ3v) is 9.05. The van der Waals surface area contributed by atoms with Crippen LogP contribution in [0.15, 0.2) is 0 Å². The molecule has 5 nitrogen and oxygen atoms in total.